The molecule has 0 aromatic heterocycles. The van der Waals surface area contributed by atoms with Crippen LogP contribution in [-0.2, 0) is 9.84 Å². The number of benzene rings is 2. The molecule has 0 aliphatic rings. The van der Waals surface area contributed by atoms with Gasteiger partial charge in [0.25, 0.3) is 0 Å². The highest BCUT2D eigenvalue weighted by atomic mass is 32.2. The molecule has 3 nitrogen and oxygen atoms in total. The molecule has 0 fully saturated rings. The minimum absolute atomic E-state index is 0.0192. The van der Waals surface area contributed by atoms with Crippen LogP contribution in [0.1, 0.15) is 25.0 Å². The van der Waals surface area contributed by atoms with E-state index in [-0.39, 0.29) is 11.3 Å². The fourth-order valence-electron chi connectivity index (χ4n) is 2.28. The molecule has 0 aliphatic carbocycles. The van der Waals surface area contributed by atoms with Crippen molar-refractivity contribution in [2.45, 2.75) is 29.6 Å². The van der Waals surface area contributed by atoms with E-state index in [4.69, 9.17) is 0 Å². The predicted molar refractivity (Wildman–Crippen MR) is 79.1 cm³/mol. The first-order chi connectivity index (χ1) is 9.96. The summed E-state index contributed by atoms with van der Waals surface area (Å²) in [4.78, 5) is 0.0192. The van der Waals surface area contributed by atoms with Crippen LogP contribution in [0.4, 0.5) is 4.39 Å². The van der Waals surface area contributed by atoms with Crippen molar-refractivity contribution in [1.29, 1.82) is 0 Å². The van der Waals surface area contributed by atoms with Crippen LogP contribution in [0.25, 0.3) is 0 Å². The van der Waals surface area contributed by atoms with E-state index in [1.54, 1.807) is 37.3 Å². The van der Waals surface area contributed by atoms with Gasteiger partial charge in [-0.05, 0) is 36.2 Å². The van der Waals surface area contributed by atoms with E-state index in [1.165, 1.54) is 12.1 Å². The van der Waals surface area contributed by atoms with E-state index >= 15 is 0 Å². The lowest BCUT2D eigenvalue weighted by Gasteiger charge is -2.22. The number of hydrogen-bond acceptors (Lipinski definition) is 3. The predicted octanol–water partition coefficient (Wildman–Crippen LogP) is 3.11. The third-order valence-corrected chi connectivity index (χ3v) is 5.75. The lowest BCUT2D eigenvalue weighted by molar-refractivity contribution is 0.169. The zero-order valence-electron chi connectivity index (χ0n) is 11.6. The molecule has 2 unspecified atom stereocenters. The van der Waals surface area contributed by atoms with Gasteiger partial charge >= 0.3 is 0 Å². The van der Waals surface area contributed by atoms with Gasteiger partial charge in [0, 0.05) is 0 Å². The van der Waals surface area contributed by atoms with Gasteiger partial charge in [-0.1, -0.05) is 37.3 Å². The number of aliphatic hydroxyl groups is 1. The van der Waals surface area contributed by atoms with Crippen LogP contribution >= 0.6 is 0 Å². The van der Waals surface area contributed by atoms with Crippen molar-refractivity contribution in [3.05, 3.63) is 66.0 Å². The van der Waals surface area contributed by atoms with Gasteiger partial charge in [0.2, 0.25) is 0 Å². The molecule has 5 heteroatoms. The number of rotatable bonds is 5. The molecule has 0 amide bonds. The molecule has 0 radical (unpaired) electrons. The molecule has 0 aliphatic heterocycles. The molecule has 0 saturated carbocycles. The normalized spacial score (nSPS) is 14.6. The molecule has 0 bridgehead atoms. The Balaban J connectivity index is 2.38. The Morgan fingerprint density at radius 2 is 1.62 bits per heavy atom. The Labute approximate surface area is 124 Å². The van der Waals surface area contributed by atoms with Gasteiger partial charge in [-0.25, -0.2) is 12.8 Å². The molecule has 2 rings (SSSR count). The summed E-state index contributed by atoms with van der Waals surface area (Å²) in [6.45, 7) is 1.71. The highest BCUT2D eigenvalue weighted by Gasteiger charge is 2.33. The Kier molecular flexibility index (Phi) is 4.75. The molecule has 1 N–H and O–H groups in total. The fourth-order valence-corrected chi connectivity index (χ4v) is 4.08. The Hall–Kier alpha value is -1.72. The summed E-state index contributed by atoms with van der Waals surface area (Å²) in [6.07, 6.45) is -0.860. The highest BCUT2D eigenvalue weighted by molar-refractivity contribution is 7.92. The molecule has 0 saturated heterocycles. The Morgan fingerprint density at radius 3 is 2.14 bits per heavy atom. The summed E-state index contributed by atoms with van der Waals surface area (Å²) >= 11 is 0. The van der Waals surface area contributed by atoms with Crippen molar-refractivity contribution < 1.29 is 17.9 Å². The fraction of sp³-hybridized carbons (Fsp3) is 0.250. The quantitative estimate of drug-likeness (QED) is 0.864. The van der Waals surface area contributed by atoms with Gasteiger partial charge in [-0.2, -0.15) is 0 Å². The van der Waals surface area contributed by atoms with Crippen molar-refractivity contribution in [2.75, 3.05) is 0 Å². The van der Waals surface area contributed by atoms with Crippen molar-refractivity contribution >= 4 is 9.84 Å². The second-order valence-corrected chi connectivity index (χ2v) is 6.97. The lowest BCUT2D eigenvalue weighted by Crippen LogP contribution is -2.28. The number of aliphatic hydroxyl groups excluding tert-OH is 1. The number of sulfone groups is 1. The van der Waals surface area contributed by atoms with Crippen LogP contribution in [0.3, 0.4) is 0 Å². The van der Waals surface area contributed by atoms with Crippen molar-refractivity contribution in [2.24, 2.45) is 0 Å². The van der Waals surface area contributed by atoms with Gasteiger partial charge in [0.1, 0.15) is 5.82 Å². The smallest absolute Gasteiger partial charge is 0.184 e. The van der Waals surface area contributed by atoms with Crippen molar-refractivity contribution in [3.63, 3.8) is 0 Å². The minimum Gasteiger partial charge on any atom is -0.387 e. The largest absolute Gasteiger partial charge is 0.387 e. The van der Waals surface area contributed by atoms with Gasteiger partial charge in [-0.15, -0.1) is 0 Å². The topological polar surface area (TPSA) is 54.4 Å². The van der Waals surface area contributed by atoms with E-state index in [9.17, 15) is 17.9 Å². The standard InChI is InChI=1S/C16H17FO3S/c1-2-15(16(18)12-6-4-3-5-7-12)21(19,20)14-10-8-13(17)9-11-14/h3-11,15-16,18H,2H2,1H3. The Bertz CT molecular complexity index is 681. The van der Waals surface area contributed by atoms with Gasteiger partial charge in [-0.3, -0.25) is 0 Å². The van der Waals surface area contributed by atoms with Crippen LogP contribution < -0.4 is 0 Å². The van der Waals surface area contributed by atoms with E-state index in [0.29, 0.717) is 5.56 Å². The van der Waals surface area contributed by atoms with E-state index in [0.717, 1.165) is 12.1 Å². The van der Waals surface area contributed by atoms with E-state index in [1.807, 2.05) is 0 Å². The minimum atomic E-state index is -3.73. The zero-order chi connectivity index (χ0) is 15.5. The molecule has 0 heterocycles. The second kappa shape index (κ2) is 6.37. The first-order valence-electron chi connectivity index (χ1n) is 6.69. The molecule has 21 heavy (non-hydrogen) atoms. The second-order valence-electron chi connectivity index (χ2n) is 4.80. The summed E-state index contributed by atoms with van der Waals surface area (Å²) < 4.78 is 38.2. The highest BCUT2D eigenvalue weighted by Crippen LogP contribution is 2.29. The maximum atomic E-state index is 12.9. The zero-order valence-corrected chi connectivity index (χ0v) is 12.4. The molecule has 0 spiro atoms. The Morgan fingerprint density at radius 1 is 1.05 bits per heavy atom. The monoisotopic (exact) mass is 308 g/mol. The third-order valence-electron chi connectivity index (χ3n) is 3.44. The van der Waals surface area contributed by atoms with E-state index in [2.05, 4.69) is 0 Å². The van der Waals surface area contributed by atoms with Crippen LogP contribution in [0.15, 0.2) is 59.5 Å². The van der Waals surface area contributed by atoms with Crippen LogP contribution in [0, 0.1) is 5.82 Å². The van der Waals surface area contributed by atoms with Crippen molar-refractivity contribution in [3.8, 4) is 0 Å². The van der Waals surface area contributed by atoms with Gasteiger partial charge in [0.05, 0.1) is 16.2 Å². The summed E-state index contributed by atoms with van der Waals surface area (Å²) in [5.74, 6) is -0.495. The first-order valence-corrected chi connectivity index (χ1v) is 8.24. The maximum absolute atomic E-state index is 12.9. The van der Waals surface area contributed by atoms with E-state index < -0.39 is 27.0 Å². The number of hydrogen-bond donors (Lipinski definition) is 1. The van der Waals surface area contributed by atoms with Gasteiger partial charge < -0.3 is 5.11 Å². The summed E-state index contributed by atoms with van der Waals surface area (Å²) in [5, 5.41) is 9.41. The van der Waals surface area contributed by atoms with Crippen molar-refractivity contribution in [1.82, 2.24) is 0 Å². The average molecular weight is 308 g/mol. The maximum Gasteiger partial charge on any atom is 0.184 e. The van der Waals surface area contributed by atoms with Crippen LogP contribution in [0.2, 0.25) is 0 Å². The average Bonchev–Trinajstić information content (AvgIpc) is 2.49. The summed E-state index contributed by atoms with van der Waals surface area (Å²) in [7, 11) is -3.73. The van der Waals surface area contributed by atoms with Crippen LogP contribution in [0.5, 0.6) is 0 Å². The molecular formula is C16H17FO3S. The summed E-state index contributed by atoms with van der Waals surface area (Å²) in [6, 6.07) is 13.3. The first kappa shape index (κ1) is 15.7. The van der Waals surface area contributed by atoms with Gasteiger partial charge in [0.15, 0.2) is 9.84 Å². The van der Waals surface area contributed by atoms with Crippen LogP contribution in [-0.4, -0.2) is 18.8 Å². The molecule has 2 atom stereocenters. The SMILES string of the molecule is CCC(C(O)c1ccccc1)S(=O)(=O)c1ccc(F)cc1. The molecule has 2 aromatic carbocycles. The lowest BCUT2D eigenvalue weighted by atomic mass is 10.1. The summed E-state index contributed by atoms with van der Waals surface area (Å²) in [5.41, 5.74) is 0.551. The number of halogens is 1. The molecule has 112 valence electrons. The molecule has 2 aromatic rings. The molecular weight excluding hydrogens is 291 g/mol. The third kappa shape index (κ3) is 3.31.